The van der Waals surface area contributed by atoms with Crippen molar-refractivity contribution in [3.05, 3.63) is 40.1 Å². The van der Waals surface area contributed by atoms with Crippen molar-refractivity contribution in [1.82, 2.24) is 25.5 Å². The van der Waals surface area contributed by atoms with Crippen molar-refractivity contribution in [2.24, 2.45) is 10.9 Å². The number of aliphatic carboxylic acids is 1. The van der Waals surface area contributed by atoms with Gasteiger partial charge in [0.25, 0.3) is 11.8 Å². The number of amides is 3. The highest BCUT2D eigenvalue weighted by molar-refractivity contribution is 8.07. The van der Waals surface area contributed by atoms with Gasteiger partial charge < -0.3 is 32.0 Å². The first-order valence-electron chi connectivity index (χ1n) is 11.6. The smallest absolute Gasteiger partial charge is 0.353 e. The molecule has 4 heterocycles. The molecule has 1 saturated heterocycles. The van der Waals surface area contributed by atoms with Gasteiger partial charge in [-0.2, -0.15) is 0 Å². The van der Waals surface area contributed by atoms with E-state index >= 15 is 0 Å². The third-order valence-corrected chi connectivity index (χ3v) is 9.99. The Morgan fingerprint density at radius 3 is 2.90 bits per heavy atom. The number of anilines is 1. The highest BCUT2D eigenvalue weighted by Gasteiger charge is 2.54. The highest BCUT2D eigenvalue weighted by Crippen LogP contribution is 2.46. The first-order chi connectivity index (χ1) is 19.7. The molecule has 218 valence electrons. The zero-order valence-electron chi connectivity index (χ0n) is 20.9. The molecule has 2 aromatic heterocycles. The average molecular weight is 643 g/mol. The topological polar surface area (TPSA) is 215 Å². The number of fused-ring (bicyclic) bond motifs is 1. The first-order valence-corrected chi connectivity index (χ1v) is 15.4. The number of rotatable bonds is 14. The number of thiazole rings is 1. The number of carboxylic acids is 1. The van der Waals surface area contributed by atoms with Crippen LogP contribution in [0, 0.1) is 0 Å². The summed E-state index contributed by atoms with van der Waals surface area (Å²) >= 11 is 4.86. The van der Waals surface area contributed by atoms with Gasteiger partial charge in [0.1, 0.15) is 36.1 Å². The van der Waals surface area contributed by atoms with E-state index in [9.17, 15) is 28.7 Å². The molecular formula is C22H23FN8O6S4. The van der Waals surface area contributed by atoms with Gasteiger partial charge >= 0.3 is 5.97 Å². The van der Waals surface area contributed by atoms with E-state index < -0.39 is 48.6 Å². The van der Waals surface area contributed by atoms with Crippen LogP contribution < -0.4 is 22.1 Å². The standard InChI is InChI=1S/C22H23FN8O6S4/c23-2-4-37-30-15(10-6-40-22(25)28-10)18(33)29-16-19(34)31-17(21(35)36)13(7-39-20(16)31)41-11-1-3-26-5-12(11)38-8-14(24)27-9-32/h1,3,5-6,9,14,16,20H,2,4,7-8,24H2,(H2,25,28)(H,27,32)(H,29,33)(H,35,36)/t14?,16-,20+/m1/s1. The van der Waals surface area contributed by atoms with E-state index in [0.717, 1.165) is 21.1 Å². The number of aromatic nitrogens is 2. The van der Waals surface area contributed by atoms with Crippen LogP contribution in [0.1, 0.15) is 5.69 Å². The number of hydrogen-bond donors (Lipinski definition) is 5. The number of carbonyl (C=O) groups is 4. The summed E-state index contributed by atoms with van der Waals surface area (Å²) in [4.78, 5) is 65.0. The second-order valence-electron chi connectivity index (χ2n) is 8.10. The molecule has 19 heteroatoms. The lowest BCUT2D eigenvalue weighted by atomic mass is 10.0. The van der Waals surface area contributed by atoms with E-state index in [1.54, 1.807) is 18.5 Å². The molecule has 41 heavy (non-hydrogen) atoms. The Kier molecular flexibility index (Phi) is 10.4. The summed E-state index contributed by atoms with van der Waals surface area (Å²) in [5.74, 6) is -2.13. The number of hydrogen-bond acceptors (Lipinski definition) is 14. The van der Waals surface area contributed by atoms with E-state index in [0.29, 0.717) is 22.0 Å². The van der Waals surface area contributed by atoms with Gasteiger partial charge in [0.15, 0.2) is 10.8 Å². The van der Waals surface area contributed by atoms with Gasteiger partial charge in [-0.3, -0.25) is 24.3 Å². The third-order valence-electron chi connectivity index (χ3n) is 5.41. The van der Waals surface area contributed by atoms with Crippen LogP contribution in [0.25, 0.3) is 0 Å². The number of nitrogens with zero attached hydrogens (tertiary/aromatic N) is 4. The zero-order chi connectivity index (χ0) is 29.5. The number of pyridine rings is 1. The number of carboxylic acid groups (broad SMARTS) is 1. The molecule has 0 bridgehead atoms. The van der Waals surface area contributed by atoms with E-state index in [1.165, 1.54) is 40.7 Å². The van der Waals surface area contributed by atoms with Gasteiger partial charge in [-0.25, -0.2) is 14.2 Å². The lowest BCUT2D eigenvalue weighted by Crippen LogP contribution is -2.71. The van der Waals surface area contributed by atoms with Crippen LogP contribution in [0.5, 0.6) is 0 Å². The molecule has 4 rings (SSSR count). The summed E-state index contributed by atoms with van der Waals surface area (Å²) in [5, 5.41) is 19.7. The Morgan fingerprint density at radius 2 is 2.22 bits per heavy atom. The Labute approximate surface area is 248 Å². The second-order valence-corrected chi connectivity index (χ2v) is 12.3. The fourth-order valence-corrected chi connectivity index (χ4v) is 7.75. The van der Waals surface area contributed by atoms with Crippen molar-refractivity contribution in [1.29, 1.82) is 0 Å². The van der Waals surface area contributed by atoms with Gasteiger partial charge in [-0.15, -0.1) is 34.9 Å². The predicted octanol–water partition coefficient (Wildman–Crippen LogP) is 0.422. The Bertz CT molecular complexity index is 1390. The molecule has 1 unspecified atom stereocenters. The summed E-state index contributed by atoms with van der Waals surface area (Å²) in [5.41, 5.74) is 11.1. The van der Waals surface area contributed by atoms with Crippen LogP contribution in [0.15, 0.2) is 49.4 Å². The van der Waals surface area contributed by atoms with Crippen molar-refractivity contribution >= 4 is 81.7 Å². The van der Waals surface area contributed by atoms with Crippen molar-refractivity contribution in [2.75, 3.05) is 30.5 Å². The van der Waals surface area contributed by atoms with Crippen LogP contribution in [0.3, 0.4) is 0 Å². The first kappa shape index (κ1) is 30.6. The number of nitrogens with two attached hydrogens (primary N) is 2. The molecule has 7 N–H and O–H groups in total. The average Bonchev–Trinajstić information content (AvgIpc) is 3.38. The number of thioether (sulfide) groups is 3. The number of carbonyl (C=O) groups excluding carboxylic acids is 3. The highest BCUT2D eigenvalue weighted by atomic mass is 32.2. The maximum Gasteiger partial charge on any atom is 0.353 e. The van der Waals surface area contributed by atoms with Crippen LogP contribution in [0.4, 0.5) is 9.52 Å². The monoisotopic (exact) mass is 642 g/mol. The molecule has 3 atom stereocenters. The fraction of sp³-hybridized carbons (Fsp3) is 0.318. The van der Waals surface area contributed by atoms with Gasteiger partial charge in [-0.1, -0.05) is 16.9 Å². The van der Waals surface area contributed by atoms with Gasteiger partial charge in [0.05, 0.1) is 6.17 Å². The number of nitrogens with one attached hydrogen (secondary N) is 2. The lowest BCUT2D eigenvalue weighted by molar-refractivity contribution is -0.150. The van der Waals surface area contributed by atoms with E-state index in [1.807, 2.05) is 0 Å². The summed E-state index contributed by atoms with van der Waals surface area (Å²) in [6, 6.07) is 0.669. The van der Waals surface area contributed by atoms with E-state index in [2.05, 4.69) is 25.8 Å². The number of β-lactam (4-membered cyclic amide) rings is 1. The molecule has 14 nitrogen and oxygen atoms in total. The number of alkyl halides is 1. The normalized spacial score (nSPS) is 19.2. The molecule has 0 aliphatic carbocycles. The SMILES string of the molecule is Nc1nc(C(=NOCCF)C(=O)N[C@@H]2C(=O)N3C(C(=O)O)=C(Sc4ccncc4SCC(N)NC=O)CS[C@@H]23)cs1. The largest absolute Gasteiger partial charge is 0.477 e. The zero-order valence-corrected chi connectivity index (χ0v) is 24.2. The van der Waals surface area contributed by atoms with Gasteiger partial charge in [-0.05, 0) is 6.07 Å². The molecule has 3 amide bonds. The quantitative estimate of drug-likeness (QED) is 0.0360. The van der Waals surface area contributed by atoms with Crippen molar-refractivity contribution in [2.45, 2.75) is 27.4 Å². The van der Waals surface area contributed by atoms with Crippen molar-refractivity contribution in [3.8, 4) is 0 Å². The van der Waals surface area contributed by atoms with E-state index in [4.69, 9.17) is 16.3 Å². The van der Waals surface area contributed by atoms with Crippen LogP contribution >= 0.6 is 46.6 Å². The number of halogens is 1. The van der Waals surface area contributed by atoms with E-state index in [-0.39, 0.29) is 28.0 Å². The number of oxime groups is 1. The Morgan fingerprint density at radius 1 is 1.41 bits per heavy atom. The lowest BCUT2D eigenvalue weighted by Gasteiger charge is -2.49. The second kappa shape index (κ2) is 14.0. The minimum atomic E-state index is -1.30. The molecule has 2 aliphatic heterocycles. The van der Waals surface area contributed by atoms with Crippen LogP contribution in [-0.4, -0.2) is 92.2 Å². The summed E-state index contributed by atoms with van der Waals surface area (Å²) in [6.07, 6.45) is 3.08. The van der Waals surface area contributed by atoms with Crippen molar-refractivity contribution in [3.63, 3.8) is 0 Å². The van der Waals surface area contributed by atoms with Gasteiger partial charge in [0.2, 0.25) is 6.41 Å². The van der Waals surface area contributed by atoms with Crippen LogP contribution in [-0.2, 0) is 24.0 Å². The molecule has 0 aromatic carbocycles. The molecular weight excluding hydrogens is 620 g/mol. The van der Waals surface area contributed by atoms with Crippen LogP contribution in [0.2, 0.25) is 0 Å². The maximum atomic E-state index is 13.1. The molecule has 0 radical (unpaired) electrons. The molecule has 2 aromatic rings. The minimum Gasteiger partial charge on any atom is -0.477 e. The third kappa shape index (κ3) is 7.10. The molecule has 1 fully saturated rings. The summed E-state index contributed by atoms with van der Waals surface area (Å²) in [7, 11) is 0. The minimum absolute atomic E-state index is 0.0857. The summed E-state index contributed by atoms with van der Waals surface area (Å²) < 4.78 is 12.5. The summed E-state index contributed by atoms with van der Waals surface area (Å²) in [6.45, 7) is -1.22. The molecule has 0 saturated carbocycles. The van der Waals surface area contributed by atoms with Crippen molar-refractivity contribution < 1.29 is 33.5 Å². The Balaban J connectivity index is 1.51. The van der Waals surface area contributed by atoms with Gasteiger partial charge in [0, 0.05) is 44.0 Å². The Hall–Kier alpha value is -3.39. The molecule has 0 spiro atoms. The fourth-order valence-electron chi connectivity index (χ4n) is 3.63. The predicted molar refractivity (Wildman–Crippen MR) is 153 cm³/mol. The maximum absolute atomic E-state index is 13.1. The number of nitrogen functional groups attached to an aromatic ring is 1. The molecule has 2 aliphatic rings.